The number of nitrogens with two attached hydrogens (primary N) is 1. The molecule has 1 aliphatic rings. The van der Waals surface area contributed by atoms with Gasteiger partial charge in [-0.05, 0) is 6.92 Å². The largest absolute Gasteiger partial charge is 0.394 e. The molecule has 3 N–H and O–H groups in total. The average molecular weight is 207 g/mol. The molecule has 6 heteroatoms. The van der Waals surface area contributed by atoms with Gasteiger partial charge in [0, 0.05) is 13.1 Å². The summed E-state index contributed by atoms with van der Waals surface area (Å²) in [5, 5.41) is 2.79. The van der Waals surface area contributed by atoms with Crippen molar-refractivity contribution in [2.75, 3.05) is 23.7 Å². The molecule has 0 aliphatic carbocycles. The minimum atomic E-state index is -0.240. The summed E-state index contributed by atoms with van der Waals surface area (Å²) in [4.78, 5) is 21.3. The first kappa shape index (κ1) is 9.70. The van der Waals surface area contributed by atoms with Crippen molar-refractivity contribution >= 4 is 17.4 Å². The second-order valence-electron chi connectivity index (χ2n) is 3.46. The maximum absolute atomic E-state index is 11.5. The third kappa shape index (κ3) is 1.70. The van der Waals surface area contributed by atoms with Gasteiger partial charge in [-0.25, -0.2) is 9.97 Å². The molecule has 0 aromatic carbocycles. The van der Waals surface area contributed by atoms with E-state index in [0.717, 1.165) is 0 Å². The zero-order valence-electron chi connectivity index (χ0n) is 8.47. The minimum Gasteiger partial charge on any atom is -0.394 e. The van der Waals surface area contributed by atoms with Gasteiger partial charge in [0.15, 0.2) is 5.82 Å². The topological polar surface area (TPSA) is 84.1 Å². The molecular weight excluding hydrogens is 194 g/mol. The first-order valence-electron chi connectivity index (χ1n) is 4.80. The molecule has 1 atom stereocenters. The fourth-order valence-corrected chi connectivity index (χ4v) is 1.65. The van der Waals surface area contributed by atoms with Crippen LogP contribution in [0.3, 0.4) is 0 Å². The molecule has 1 aliphatic heterocycles. The van der Waals surface area contributed by atoms with Gasteiger partial charge in [0.2, 0.25) is 5.91 Å². The number of hydrogen-bond donors (Lipinski definition) is 2. The zero-order chi connectivity index (χ0) is 10.8. The quantitative estimate of drug-likeness (QED) is 0.641. The molecular formula is C9H13N5O. The first-order chi connectivity index (χ1) is 7.20. The molecule has 1 unspecified atom stereocenters. The lowest BCUT2D eigenvalue weighted by molar-refractivity contribution is -0.122. The number of nitrogens with zero attached hydrogens (tertiary/aromatic N) is 3. The van der Waals surface area contributed by atoms with Crippen LogP contribution in [-0.2, 0) is 4.79 Å². The Kier molecular flexibility index (Phi) is 2.40. The van der Waals surface area contributed by atoms with E-state index in [0.29, 0.717) is 24.6 Å². The van der Waals surface area contributed by atoms with Crippen LogP contribution in [0.5, 0.6) is 0 Å². The van der Waals surface area contributed by atoms with Gasteiger partial charge in [-0.2, -0.15) is 0 Å². The van der Waals surface area contributed by atoms with Crippen molar-refractivity contribution in [1.29, 1.82) is 0 Å². The van der Waals surface area contributed by atoms with Crippen LogP contribution in [0.25, 0.3) is 0 Å². The number of nitrogen functional groups attached to an aromatic ring is 1. The number of carbonyl (C=O) groups excluding carboxylic acids is 1. The Bertz CT molecular complexity index is 381. The molecule has 0 saturated carbocycles. The van der Waals surface area contributed by atoms with Crippen LogP contribution in [0.2, 0.25) is 0 Å². The molecule has 2 heterocycles. The summed E-state index contributed by atoms with van der Waals surface area (Å²) in [6.07, 6.45) is 2.98. The number of carbonyl (C=O) groups is 1. The summed E-state index contributed by atoms with van der Waals surface area (Å²) >= 11 is 0. The van der Waals surface area contributed by atoms with E-state index in [9.17, 15) is 4.79 Å². The van der Waals surface area contributed by atoms with Gasteiger partial charge in [0.25, 0.3) is 0 Å². The van der Waals surface area contributed by atoms with E-state index < -0.39 is 0 Å². The number of nitrogens with one attached hydrogen (secondary N) is 1. The lowest BCUT2D eigenvalue weighted by Gasteiger charge is -2.34. The lowest BCUT2D eigenvalue weighted by Crippen LogP contribution is -2.54. The van der Waals surface area contributed by atoms with Crippen LogP contribution in [0.15, 0.2) is 12.5 Å². The molecule has 1 saturated heterocycles. The van der Waals surface area contributed by atoms with Gasteiger partial charge in [0.1, 0.15) is 12.4 Å². The molecule has 1 aromatic heterocycles. The highest BCUT2D eigenvalue weighted by atomic mass is 16.2. The summed E-state index contributed by atoms with van der Waals surface area (Å²) in [6.45, 7) is 3.16. The molecule has 1 aromatic rings. The van der Waals surface area contributed by atoms with E-state index in [2.05, 4.69) is 15.3 Å². The summed E-state index contributed by atoms with van der Waals surface area (Å²) in [5.74, 6) is 0.631. The van der Waals surface area contributed by atoms with Gasteiger partial charge < -0.3 is 16.0 Å². The van der Waals surface area contributed by atoms with E-state index in [-0.39, 0.29) is 11.9 Å². The summed E-state index contributed by atoms with van der Waals surface area (Å²) < 4.78 is 0. The fraction of sp³-hybridized carbons (Fsp3) is 0.444. The normalized spacial score (nSPS) is 21.3. The Balaban J connectivity index is 2.30. The van der Waals surface area contributed by atoms with Gasteiger partial charge in [-0.15, -0.1) is 0 Å². The monoisotopic (exact) mass is 207 g/mol. The number of aromatic nitrogens is 2. The van der Waals surface area contributed by atoms with Crippen molar-refractivity contribution in [3.05, 3.63) is 12.5 Å². The third-order valence-electron chi connectivity index (χ3n) is 2.49. The maximum atomic E-state index is 11.5. The molecule has 0 radical (unpaired) electrons. The van der Waals surface area contributed by atoms with Gasteiger partial charge in [-0.1, -0.05) is 0 Å². The zero-order valence-corrected chi connectivity index (χ0v) is 8.47. The highest BCUT2D eigenvalue weighted by molar-refractivity contribution is 5.86. The summed E-state index contributed by atoms with van der Waals surface area (Å²) in [7, 11) is 0. The molecule has 0 spiro atoms. The second kappa shape index (κ2) is 3.72. The van der Waals surface area contributed by atoms with Crippen molar-refractivity contribution in [3.8, 4) is 0 Å². The van der Waals surface area contributed by atoms with Crippen LogP contribution in [0, 0.1) is 0 Å². The van der Waals surface area contributed by atoms with E-state index in [1.165, 1.54) is 6.33 Å². The smallest absolute Gasteiger partial charge is 0.242 e. The fourth-order valence-electron chi connectivity index (χ4n) is 1.65. The predicted molar refractivity (Wildman–Crippen MR) is 56.3 cm³/mol. The van der Waals surface area contributed by atoms with Crippen molar-refractivity contribution in [2.24, 2.45) is 0 Å². The van der Waals surface area contributed by atoms with Crippen LogP contribution in [-0.4, -0.2) is 35.0 Å². The van der Waals surface area contributed by atoms with Crippen LogP contribution in [0.4, 0.5) is 11.5 Å². The first-order valence-corrected chi connectivity index (χ1v) is 4.80. The number of anilines is 2. The SMILES string of the molecule is CC1C(=O)NCCN1c1ncncc1N. The van der Waals surface area contributed by atoms with E-state index in [1.54, 1.807) is 6.20 Å². The molecule has 0 bridgehead atoms. The average Bonchev–Trinajstić information content (AvgIpc) is 2.23. The Morgan fingerprint density at radius 1 is 1.67 bits per heavy atom. The van der Waals surface area contributed by atoms with E-state index in [1.807, 2.05) is 11.8 Å². The Labute approximate surface area is 87.5 Å². The Morgan fingerprint density at radius 3 is 3.20 bits per heavy atom. The Morgan fingerprint density at radius 2 is 2.47 bits per heavy atom. The molecule has 6 nitrogen and oxygen atoms in total. The molecule has 80 valence electrons. The lowest BCUT2D eigenvalue weighted by atomic mass is 10.2. The Hall–Kier alpha value is -1.85. The van der Waals surface area contributed by atoms with Gasteiger partial charge in [0.05, 0.1) is 11.9 Å². The van der Waals surface area contributed by atoms with E-state index in [4.69, 9.17) is 5.73 Å². The molecule has 2 rings (SSSR count). The van der Waals surface area contributed by atoms with Crippen LogP contribution < -0.4 is 16.0 Å². The standard InChI is InChI=1S/C9H13N5O/c1-6-9(15)12-2-3-14(6)8-7(10)4-11-5-13-8/h4-6H,2-3,10H2,1H3,(H,12,15). The second-order valence-corrected chi connectivity index (χ2v) is 3.46. The van der Waals surface area contributed by atoms with Crippen molar-refractivity contribution in [3.63, 3.8) is 0 Å². The van der Waals surface area contributed by atoms with Crippen LogP contribution >= 0.6 is 0 Å². The van der Waals surface area contributed by atoms with Gasteiger partial charge in [-0.3, -0.25) is 4.79 Å². The number of rotatable bonds is 1. The number of amides is 1. The van der Waals surface area contributed by atoms with Gasteiger partial charge >= 0.3 is 0 Å². The maximum Gasteiger partial charge on any atom is 0.242 e. The van der Waals surface area contributed by atoms with Crippen LogP contribution in [0.1, 0.15) is 6.92 Å². The van der Waals surface area contributed by atoms with Crippen molar-refractivity contribution in [1.82, 2.24) is 15.3 Å². The molecule has 1 amide bonds. The van der Waals surface area contributed by atoms with Crippen molar-refractivity contribution < 1.29 is 4.79 Å². The van der Waals surface area contributed by atoms with Crippen molar-refractivity contribution in [2.45, 2.75) is 13.0 Å². The number of hydrogen-bond acceptors (Lipinski definition) is 5. The summed E-state index contributed by atoms with van der Waals surface area (Å²) in [6, 6.07) is -0.240. The molecule has 1 fully saturated rings. The highest BCUT2D eigenvalue weighted by Gasteiger charge is 2.27. The highest BCUT2D eigenvalue weighted by Crippen LogP contribution is 2.21. The third-order valence-corrected chi connectivity index (χ3v) is 2.49. The number of piperazine rings is 1. The predicted octanol–water partition coefficient (Wildman–Crippen LogP) is -0.617. The molecule has 15 heavy (non-hydrogen) atoms. The minimum absolute atomic E-state index is 0.000683. The van der Waals surface area contributed by atoms with E-state index >= 15 is 0 Å². The summed E-state index contributed by atoms with van der Waals surface area (Å²) in [5.41, 5.74) is 6.26.